The maximum absolute atomic E-state index is 5.89. The molecule has 1 aliphatic rings. The standard InChI is InChI=1S/C12H19ClN4/c1-2-8-5-3-4-6-9(8)17-12-10(14)11(13)15-7-16-12/h7-9H,2-6,14H2,1H3,(H,15,16,17). The van der Waals surface area contributed by atoms with Gasteiger partial charge in [-0.2, -0.15) is 0 Å². The van der Waals surface area contributed by atoms with Crippen molar-refractivity contribution in [2.45, 2.75) is 45.1 Å². The van der Waals surface area contributed by atoms with Gasteiger partial charge in [-0.05, 0) is 18.8 Å². The molecule has 5 heteroatoms. The van der Waals surface area contributed by atoms with Crippen LogP contribution < -0.4 is 11.1 Å². The van der Waals surface area contributed by atoms with Gasteiger partial charge in [0.2, 0.25) is 0 Å². The summed E-state index contributed by atoms with van der Waals surface area (Å²) in [5, 5.41) is 3.76. The van der Waals surface area contributed by atoms with E-state index in [1.165, 1.54) is 38.4 Å². The largest absolute Gasteiger partial charge is 0.393 e. The van der Waals surface area contributed by atoms with Crippen molar-refractivity contribution in [1.82, 2.24) is 9.97 Å². The molecule has 0 aromatic carbocycles. The summed E-state index contributed by atoms with van der Waals surface area (Å²) in [5.41, 5.74) is 6.32. The van der Waals surface area contributed by atoms with Gasteiger partial charge in [-0.3, -0.25) is 0 Å². The Bertz CT molecular complexity index is 383. The van der Waals surface area contributed by atoms with Gasteiger partial charge in [0.25, 0.3) is 0 Å². The van der Waals surface area contributed by atoms with E-state index in [9.17, 15) is 0 Å². The van der Waals surface area contributed by atoms with E-state index in [2.05, 4.69) is 22.2 Å². The number of nitrogens with two attached hydrogens (primary N) is 1. The second-order valence-electron chi connectivity index (χ2n) is 4.63. The van der Waals surface area contributed by atoms with E-state index in [4.69, 9.17) is 17.3 Å². The van der Waals surface area contributed by atoms with Gasteiger partial charge in [-0.1, -0.05) is 37.8 Å². The molecule has 2 atom stereocenters. The Morgan fingerprint density at radius 1 is 1.41 bits per heavy atom. The van der Waals surface area contributed by atoms with E-state index in [0.29, 0.717) is 28.6 Å². The fourth-order valence-corrected chi connectivity index (χ4v) is 2.68. The summed E-state index contributed by atoms with van der Waals surface area (Å²) in [6.07, 6.45) is 7.71. The van der Waals surface area contributed by atoms with Gasteiger partial charge in [-0.25, -0.2) is 9.97 Å². The van der Waals surface area contributed by atoms with Crippen LogP contribution in [0.3, 0.4) is 0 Å². The lowest BCUT2D eigenvalue weighted by Crippen LogP contribution is -2.32. The van der Waals surface area contributed by atoms with Gasteiger partial charge in [0.1, 0.15) is 12.0 Å². The zero-order chi connectivity index (χ0) is 12.3. The second kappa shape index (κ2) is 5.54. The fourth-order valence-electron chi connectivity index (χ4n) is 2.55. The zero-order valence-electron chi connectivity index (χ0n) is 10.1. The number of anilines is 2. The molecular weight excluding hydrogens is 236 g/mol. The quantitative estimate of drug-likeness (QED) is 0.814. The molecule has 0 amide bonds. The zero-order valence-corrected chi connectivity index (χ0v) is 10.9. The predicted molar refractivity (Wildman–Crippen MR) is 71.1 cm³/mol. The van der Waals surface area contributed by atoms with E-state index < -0.39 is 0 Å². The summed E-state index contributed by atoms with van der Waals surface area (Å²) < 4.78 is 0. The van der Waals surface area contributed by atoms with E-state index in [-0.39, 0.29) is 0 Å². The van der Waals surface area contributed by atoms with Crippen molar-refractivity contribution < 1.29 is 0 Å². The smallest absolute Gasteiger partial charge is 0.157 e. The number of nitrogens with one attached hydrogen (secondary N) is 1. The van der Waals surface area contributed by atoms with Crippen LogP contribution in [-0.2, 0) is 0 Å². The molecule has 2 rings (SSSR count). The Morgan fingerprint density at radius 2 is 2.18 bits per heavy atom. The van der Waals surface area contributed by atoms with Gasteiger partial charge < -0.3 is 11.1 Å². The molecule has 0 saturated heterocycles. The topological polar surface area (TPSA) is 63.8 Å². The lowest BCUT2D eigenvalue weighted by molar-refractivity contribution is 0.317. The number of halogens is 1. The number of nitrogen functional groups attached to an aromatic ring is 1. The summed E-state index contributed by atoms with van der Waals surface area (Å²) in [6.45, 7) is 2.24. The van der Waals surface area contributed by atoms with Crippen molar-refractivity contribution in [2.24, 2.45) is 5.92 Å². The number of rotatable bonds is 3. The minimum atomic E-state index is 0.325. The molecule has 1 heterocycles. The molecule has 2 unspecified atom stereocenters. The first-order valence-corrected chi connectivity index (χ1v) is 6.62. The van der Waals surface area contributed by atoms with Crippen molar-refractivity contribution in [3.05, 3.63) is 11.5 Å². The van der Waals surface area contributed by atoms with Crippen LogP contribution in [0.4, 0.5) is 11.5 Å². The number of aromatic nitrogens is 2. The fraction of sp³-hybridized carbons (Fsp3) is 0.667. The third-order valence-corrected chi connectivity index (χ3v) is 3.89. The third kappa shape index (κ3) is 2.80. The van der Waals surface area contributed by atoms with Crippen LogP contribution in [0.25, 0.3) is 0 Å². The average molecular weight is 255 g/mol. The lowest BCUT2D eigenvalue weighted by atomic mass is 9.83. The predicted octanol–water partition coefficient (Wildman–Crippen LogP) is 3.09. The Labute approximate surface area is 107 Å². The molecule has 1 fully saturated rings. The van der Waals surface area contributed by atoms with Crippen LogP contribution in [0.5, 0.6) is 0 Å². The number of hydrogen-bond acceptors (Lipinski definition) is 4. The Balaban J connectivity index is 2.11. The van der Waals surface area contributed by atoms with Crippen LogP contribution in [0.15, 0.2) is 6.33 Å². The van der Waals surface area contributed by atoms with Gasteiger partial charge in [0.15, 0.2) is 11.0 Å². The van der Waals surface area contributed by atoms with Crippen LogP contribution in [0.1, 0.15) is 39.0 Å². The molecule has 94 valence electrons. The van der Waals surface area contributed by atoms with Crippen LogP contribution in [0.2, 0.25) is 5.15 Å². The Morgan fingerprint density at radius 3 is 2.94 bits per heavy atom. The summed E-state index contributed by atoms with van der Waals surface area (Å²) in [5.74, 6) is 1.38. The molecular formula is C12H19ClN4. The van der Waals surface area contributed by atoms with Gasteiger partial charge in [0, 0.05) is 6.04 Å². The minimum absolute atomic E-state index is 0.325. The SMILES string of the molecule is CCC1CCCCC1Nc1ncnc(Cl)c1N. The normalized spacial score (nSPS) is 24.6. The first kappa shape index (κ1) is 12.4. The molecule has 1 aromatic heterocycles. The van der Waals surface area contributed by atoms with Gasteiger partial charge in [0.05, 0.1) is 0 Å². The van der Waals surface area contributed by atoms with Crippen molar-refractivity contribution >= 4 is 23.1 Å². The number of hydrogen-bond donors (Lipinski definition) is 2. The maximum Gasteiger partial charge on any atom is 0.157 e. The first-order valence-electron chi connectivity index (χ1n) is 6.25. The summed E-state index contributed by atoms with van der Waals surface area (Å²) in [7, 11) is 0. The summed E-state index contributed by atoms with van der Waals surface area (Å²) in [6, 6.07) is 0.460. The van der Waals surface area contributed by atoms with Crippen LogP contribution in [0, 0.1) is 5.92 Å². The number of nitrogens with zero attached hydrogens (tertiary/aromatic N) is 2. The van der Waals surface area contributed by atoms with Crippen molar-refractivity contribution in [2.75, 3.05) is 11.1 Å². The highest BCUT2D eigenvalue weighted by Crippen LogP contribution is 2.31. The molecule has 0 bridgehead atoms. The highest BCUT2D eigenvalue weighted by molar-refractivity contribution is 6.32. The Kier molecular flexibility index (Phi) is 4.05. The summed E-state index contributed by atoms with van der Waals surface area (Å²) in [4.78, 5) is 8.03. The lowest BCUT2D eigenvalue weighted by Gasteiger charge is -2.32. The monoisotopic (exact) mass is 254 g/mol. The molecule has 3 N–H and O–H groups in total. The van der Waals surface area contributed by atoms with Crippen LogP contribution in [-0.4, -0.2) is 16.0 Å². The molecule has 1 saturated carbocycles. The van der Waals surface area contributed by atoms with Crippen molar-refractivity contribution in [3.8, 4) is 0 Å². The van der Waals surface area contributed by atoms with Crippen molar-refractivity contribution in [1.29, 1.82) is 0 Å². The molecule has 0 radical (unpaired) electrons. The van der Waals surface area contributed by atoms with E-state index in [1.807, 2.05) is 0 Å². The Hall–Kier alpha value is -1.03. The van der Waals surface area contributed by atoms with Gasteiger partial charge >= 0.3 is 0 Å². The summed E-state index contributed by atoms with van der Waals surface area (Å²) >= 11 is 5.89. The van der Waals surface area contributed by atoms with Crippen LogP contribution >= 0.6 is 11.6 Å². The maximum atomic E-state index is 5.89. The second-order valence-corrected chi connectivity index (χ2v) is 4.99. The average Bonchev–Trinajstić information content (AvgIpc) is 2.35. The molecule has 17 heavy (non-hydrogen) atoms. The molecule has 0 aliphatic heterocycles. The first-order chi connectivity index (χ1) is 8.22. The molecule has 1 aliphatic carbocycles. The van der Waals surface area contributed by atoms with E-state index in [1.54, 1.807) is 0 Å². The van der Waals surface area contributed by atoms with Gasteiger partial charge in [-0.15, -0.1) is 0 Å². The van der Waals surface area contributed by atoms with Crippen molar-refractivity contribution in [3.63, 3.8) is 0 Å². The van der Waals surface area contributed by atoms with E-state index in [0.717, 1.165) is 0 Å². The minimum Gasteiger partial charge on any atom is -0.393 e. The highest BCUT2D eigenvalue weighted by atomic mass is 35.5. The molecule has 4 nitrogen and oxygen atoms in total. The highest BCUT2D eigenvalue weighted by Gasteiger charge is 2.24. The molecule has 0 spiro atoms. The molecule has 1 aromatic rings. The third-order valence-electron chi connectivity index (χ3n) is 3.59. The van der Waals surface area contributed by atoms with E-state index >= 15 is 0 Å².